The Bertz CT molecular complexity index is 1080. The third-order valence-electron chi connectivity index (χ3n) is 5.00. The molecular formula is C20H19N5O3. The number of likely N-dealkylation sites (tertiary alicyclic amines) is 1. The van der Waals surface area contributed by atoms with Gasteiger partial charge in [0.2, 0.25) is 0 Å². The van der Waals surface area contributed by atoms with Crippen LogP contribution >= 0.6 is 0 Å². The molecule has 5 heterocycles. The minimum Gasteiger partial charge on any atom is -0.467 e. The Morgan fingerprint density at radius 1 is 1.18 bits per heavy atom. The Hall–Kier alpha value is -3.55. The van der Waals surface area contributed by atoms with E-state index in [9.17, 15) is 4.79 Å². The Kier molecular flexibility index (Phi) is 4.08. The quantitative estimate of drug-likeness (QED) is 0.588. The molecule has 1 N–H and O–H groups in total. The van der Waals surface area contributed by atoms with Crippen molar-refractivity contribution in [1.29, 1.82) is 0 Å². The molecule has 8 nitrogen and oxygen atoms in total. The first-order valence-corrected chi connectivity index (χ1v) is 9.21. The number of aromatic nitrogens is 3. The molecule has 0 aliphatic carbocycles. The van der Waals surface area contributed by atoms with Crippen LogP contribution in [0.25, 0.3) is 22.7 Å². The summed E-state index contributed by atoms with van der Waals surface area (Å²) in [5, 5.41) is 2.91. The number of hydrogen-bond donors (Lipinski definition) is 1. The van der Waals surface area contributed by atoms with Gasteiger partial charge in [-0.05, 0) is 42.8 Å². The van der Waals surface area contributed by atoms with Crippen LogP contribution in [0.2, 0.25) is 0 Å². The Morgan fingerprint density at radius 3 is 2.89 bits per heavy atom. The number of furan rings is 2. The van der Waals surface area contributed by atoms with Crippen molar-refractivity contribution in [2.45, 2.75) is 19.0 Å². The number of nitrogens with zero attached hydrogens (tertiary/aromatic N) is 4. The lowest BCUT2D eigenvalue weighted by molar-refractivity contribution is 0.206. The van der Waals surface area contributed by atoms with Gasteiger partial charge >= 0.3 is 6.03 Å². The minimum absolute atomic E-state index is 0.0781. The molecule has 142 valence electrons. The smallest absolute Gasteiger partial charge is 0.317 e. The molecule has 1 atom stereocenters. The number of amides is 2. The average Bonchev–Trinajstić information content (AvgIpc) is 3.51. The number of carbonyl (C=O) groups is 1. The molecule has 1 unspecified atom stereocenters. The van der Waals surface area contributed by atoms with Gasteiger partial charge in [-0.25, -0.2) is 14.8 Å². The molecular weight excluding hydrogens is 358 g/mol. The molecule has 0 bridgehead atoms. The van der Waals surface area contributed by atoms with E-state index in [1.165, 1.54) is 0 Å². The molecule has 0 saturated carbocycles. The predicted octanol–water partition coefficient (Wildman–Crippen LogP) is 3.44. The first-order valence-electron chi connectivity index (χ1n) is 9.21. The van der Waals surface area contributed by atoms with Crippen LogP contribution < -0.4 is 5.32 Å². The molecule has 5 rings (SSSR count). The first kappa shape index (κ1) is 16.6. The third kappa shape index (κ3) is 2.92. The largest absolute Gasteiger partial charge is 0.467 e. The minimum atomic E-state index is -0.101. The summed E-state index contributed by atoms with van der Waals surface area (Å²) in [7, 11) is 0. The van der Waals surface area contributed by atoms with E-state index in [0.717, 1.165) is 29.2 Å². The molecule has 1 fully saturated rings. The Balaban J connectivity index is 1.39. The van der Waals surface area contributed by atoms with E-state index in [4.69, 9.17) is 13.8 Å². The summed E-state index contributed by atoms with van der Waals surface area (Å²) in [6.45, 7) is 1.62. The lowest BCUT2D eigenvalue weighted by atomic mass is 10.2. The highest BCUT2D eigenvalue weighted by atomic mass is 16.3. The average molecular weight is 377 g/mol. The van der Waals surface area contributed by atoms with Crippen molar-refractivity contribution in [2.24, 2.45) is 0 Å². The van der Waals surface area contributed by atoms with Gasteiger partial charge < -0.3 is 23.6 Å². The first-order chi connectivity index (χ1) is 13.8. The lowest BCUT2D eigenvalue weighted by Crippen LogP contribution is -2.38. The van der Waals surface area contributed by atoms with E-state index in [2.05, 4.69) is 14.9 Å². The fourth-order valence-corrected chi connectivity index (χ4v) is 3.68. The normalized spacial score (nSPS) is 16.7. The van der Waals surface area contributed by atoms with Crippen molar-refractivity contribution in [3.63, 3.8) is 0 Å². The summed E-state index contributed by atoms with van der Waals surface area (Å²) < 4.78 is 12.9. The van der Waals surface area contributed by atoms with Crippen molar-refractivity contribution in [3.8, 4) is 11.6 Å². The van der Waals surface area contributed by atoms with E-state index in [0.29, 0.717) is 25.4 Å². The summed E-state index contributed by atoms with van der Waals surface area (Å²) in [4.78, 5) is 23.6. The van der Waals surface area contributed by atoms with Crippen LogP contribution in [0.3, 0.4) is 0 Å². The molecule has 8 heteroatoms. The number of nitrogens with one attached hydrogen (secondary N) is 1. The molecule has 4 aromatic heterocycles. The van der Waals surface area contributed by atoms with Crippen LogP contribution in [-0.2, 0) is 6.54 Å². The van der Waals surface area contributed by atoms with Gasteiger partial charge in [0.25, 0.3) is 0 Å². The van der Waals surface area contributed by atoms with Gasteiger partial charge in [0.1, 0.15) is 11.3 Å². The van der Waals surface area contributed by atoms with E-state index in [-0.39, 0.29) is 12.1 Å². The zero-order valence-electron chi connectivity index (χ0n) is 15.1. The summed E-state index contributed by atoms with van der Waals surface area (Å²) in [6, 6.07) is 11.2. The van der Waals surface area contributed by atoms with E-state index in [1.54, 1.807) is 24.8 Å². The second-order valence-electron chi connectivity index (χ2n) is 6.76. The molecule has 28 heavy (non-hydrogen) atoms. The molecule has 0 radical (unpaired) electrons. The van der Waals surface area contributed by atoms with Crippen molar-refractivity contribution >= 4 is 17.2 Å². The summed E-state index contributed by atoms with van der Waals surface area (Å²) >= 11 is 0. The molecule has 4 aromatic rings. The van der Waals surface area contributed by atoms with E-state index in [1.807, 2.05) is 35.2 Å². The van der Waals surface area contributed by atoms with Crippen LogP contribution in [0, 0.1) is 0 Å². The standard InChI is InChI=1S/C20H19N5O3/c26-20(22-12-15-4-2-10-27-15)24-9-7-14(13-24)25-18-16(5-1-8-21-18)23-19(25)17-6-3-11-28-17/h1-6,8,10-11,14H,7,9,12-13H2,(H,22,26). The summed E-state index contributed by atoms with van der Waals surface area (Å²) in [5.74, 6) is 2.16. The van der Waals surface area contributed by atoms with Gasteiger partial charge in [-0.1, -0.05) is 0 Å². The molecule has 1 aliphatic heterocycles. The molecule has 1 saturated heterocycles. The van der Waals surface area contributed by atoms with Crippen molar-refractivity contribution in [1.82, 2.24) is 24.8 Å². The van der Waals surface area contributed by atoms with Gasteiger partial charge in [-0.15, -0.1) is 0 Å². The second-order valence-corrected chi connectivity index (χ2v) is 6.76. The topological polar surface area (TPSA) is 89.3 Å². The number of pyridine rings is 1. The third-order valence-corrected chi connectivity index (χ3v) is 5.00. The van der Waals surface area contributed by atoms with Crippen molar-refractivity contribution in [2.75, 3.05) is 13.1 Å². The highest BCUT2D eigenvalue weighted by Gasteiger charge is 2.31. The SMILES string of the molecule is O=C(NCc1ccco1)N1CCC(n2c(-c3ccco3)nc3cccnc32)C1. The van der Waals surface area contributed by atoms with Crippen LogP contribution in [0.4, 0.5) is 4.79 Å². The van der Waals surface area contributed by atoms with Crippen LogP contribution in [0.15, 0.2) is 64.0 Å². The Morgan fingerprint density at radius 2 is 2.07 bits per heavy atom. The molecule has 2 amide bonds. The fourth-order valence-electron chi connectivity index (χ4n) is 3.68. The van der Waals surface area contributed by atoms with Crippen molar-refractivity contribution < 1.29 is 13.6 Å². The zero-order valence-corrected chi connectivity index (χ0v) is 15.1. The monoisotopic (exact) mass is 377 g/mol. The van der Waals surface area contributed by atoms with Gasteiger partial charge in [-0.3, -0.25) is 0 Å². The zero-order chi connectivity index (χ0) is 18.9. The second kappa shape index (κ2) is 6.88. The molecule has 0 aromatic carbocycles. The maximum atomic E-state index is 12.5. The maximum absolute atomic E-state index is 12.5. The van der Waals surface area contributed by atoms with E-state index >= 15 is 0 Å². The number of urea groups is 1. The van der Waals surface area contributed by atoms with Gasteiger partial charge in [0, 0.05) is 19.3 Å². The van der Waals surface area contributed by atoms with Crippen LogP contribution in [-0.4, -0.2) is 38.6 Å². The fraction of sp³-hybridized carbons (Fsp3) is 0.250. The molecule has 0 spiro atoms. The summed E-state index contributed by atoms with van der Waals surface area (Å²) in [5.41, 5.74) is 1.62. The highest BCUT2D eigenvalue weighted by Crippen LogP contribution is 2.32. The van der Waals surface area contributed by atoms with Crippen molar-refractivity contribution in [3.05, 3.63) is 60.9 Å². The van der Waals surface area contributed by atoms with Gasteiger partial charge in [-0.2, -0.15) is 0 Å². The van der Waals surface area contributed by atoms with E-state index < -0.39 is 0 Å². The van der Waals surface area contributed by atoms with Crippen LogP contribution in [0.1, 0.15) is 18.2 Å². The van der Waals surface area contributed by atoms with Gasteiger partial charge in [0.05, 0.1) is 25.1 Å². The number of hydrogen-bond acceptors (Lipinski definition) is 5. The van der Waals surface area contributed by atoms with Gasteiger partial charge in [0.15, 0.2) is 17.2 Å². The predicted molar refractivity (Wildman–Crippen MR) is 101 cm³/mol. The van der Waals surface area contributed by atoms with Crippen LogP contribution in [0.5, 0.6) is 0 Å². The number of imidazole rings is 1. The molecule has 1 aliphatic rings. The maximum Gasteiger partial charge on any atom is 0.317 e. The highest BCUT2D eigenvalue weighted by molar-refractivity contribution is 5.77. The summed E-state index contributed by atoms with van der Waals surface area (Å²) in [6.07, 6.45) is 5.81. The Labute approximate surface area is 160 Å². The number of fused-ring (bicyclic) bond motifs is 1. The lowest BCUT2D eigenvalue weighted by Gasteiger charge is -2.18. The number of carbonyl (C=O) groups excluding carboxylic acids is 1. The number of rotatable bonds is 4.